The molecule has 2 aromatic rings. The van der Waals surface area contributed by atoms with Crippen molar-refractivity contribution >= 4 is 11.9 Å². The molecule has 0 fully saturated rings. The number of ketones is 1. The topological polar surface area (TPSA) is 50.2 Å². The van der Waals surface area contributed by atoms with Crippen molar-refractivity contribution in [3.63, 3.8) is 0 Å². The summed E-state index contributed by atoms with van der Waals surface area (Å²) in [4.78, 5) is 15.6. The number of rotatable bonds is 3. The molecule has 0 unspecified atom stereocenters. The van der Waals surface area contributed by atoms with Crippen LogP contribution >= 0.6 is 0 Å². The summed E-state index contributed by atoms with van der Waals surface area (Å²) in [6, 6.07) is 9.98. The predicted molar refractivity (Wildman–Crippen MR) is 65.7 cm³/mol. The number of hydrogen-bond acceptors (Lipinski definition) is 3. The molecule has 84 valence electrons. The van der Waals surface area contributed by atoms with E-state index in [-0.39, 0.29) is 11.5 Å². The van der Waals surface area contributed by atoms with Gasteiger partial charge < -0.3 is 5.11 Å². The van der Waals surface area contributed by atoms with Crippen LogP contribution in [0.25, 0.3) is 6.08 Å². The number of nitrogens with zero attached hydrogens (tertiary/aromatic N) is 1. The SMILES string of the molecule is O=C(/C=C/c1ccc(O)cc1)c1ccncc1. The zero-order valence-electron chi connectivity index (χ0n) is 9.08. The van der Waals surface area contributed by atoms with Gasteiger partial charge in [-0.05, 0) is 35.9 Å². The highest BCUT2D eigenvalue weighted by Crippen LogP contribution is 2.11. The van der Waals surface area contributed by atoms with Crippen molar-refractivity contribution in [3.8, 4) is 5.75 Å². The summed E-state index contributed by atoms with van der Waals surface area (Å²) in [5.74, 6) is 0.142. The van der Waals surface area contributed by atoms with Crippen molar-refractivity contribution in [2.75, 3.05) is 0 Å². The standard InChI is InChI=1S/C14H11NO2/c16-13-4-1-11(2-5-13)3-6-14(17)12-7-9-15-10-8-12/h1-10,16H/b6-3+. The summed E-state index contributed by atoms with van der Waals surface area (Å²) in [7, 11) is 0. The molecule has 1 N–H and O–H groups in total. The highest BCUT2D eigenvalue weighted by molar-refractivity contribution is 6.06. The van der Waals surface area contributed by atoms with Crippen molar-refractivity contribution in [2.24, 2.45) is 0 Å². The van der Waals surface area contributed by atoms with Gasteiger partial charge in [-0.15, -0.1) is 0 Å². The van der Waals surface area contributed by atoms with E-state index in [1.54, 1.807) is 54.9 Å². The largest absolute Gasteiger partial charge is 0.508 e. The molecule has 0 bridgehead atoms. The molecule has 3 heteroatoms. The Morgan fingerprint density at radius 1 is 1.06 bits per heavy atom. The van der Waals surface area contributed by atoms with Crippen LogP contribution in [0.4, 0.5) is 0 Å². The first-order chi connectivity index (χ1) is 8.25. The molecule has 0 spiro atoms. The van der Waals surface area contributed by atoms with Crippen LogP contribution in [0.5, 0.6) is 5.75 Å². The average molecular weight is 225 g/mol. The number of allylic oxidation sites excluding steroid dienone is 1. The highest BCUT2D eigenvalue weighted by Gasteiger charge is 1.99. The lowest BCUT2D eigenvalue weighted by Crippen LogP contribution is -1.93. The van der Waals surface area contributed by atoms with Crippen LogP contribution in [0, 0.1) is 0 Å². The van der Waals surface area contributed by atoms with E-state index in [9.17, 15) is 4.79 Å². The molecule has 3 nitrogen and oxygen atoms in total. The van der Waals surface area contributed by atoms with Gasteiger partial charge in [-0.1, -0.05) is 18.2 Å². The number of pyridine rings is 1. The van der Waals surface area contributed by atoms with E-state index in [4.69, 9.17) is 5.11 Å². The first-order valence-electron chi connectivity index (χ1n) is 5.17. The molecule has 2 rings (SSSR count). The fraction of sp³-hybridized carbons (Fsp3) is 0. The third-order valence-electron chi connectivity index (χ3n) is 2.29. The maximum atomic E-state index is 11.7. The first-order valence-corrected chi connectivity index (χ1v) is 5.17. The van der Waals surface area contributed by atoms with E-state index in [0.717, 1.165) is 5.56 Å². The third kappa shape index (κ3) is 3.01. The number of hydrogen-bond donors (Lipinski definition) is 1. The Bertz CT molecular complexity index is 530. The second-order valence-corrected chi connectivity index (χ2v) is 3.53. The smallest absolute Gasteiger partial charge is 0.185 e. The number of aromatic hydroxyl groups is 1. The lowest BCUT2D eigenvalue weighted by Gasteiger charge is -1.95. The van der Waals surface area contributed by atoms with E-state index in [0.29, 0.717) is 5.56 Å². The van der Waals surface area contributed by atoms with Crippen molar-refractivity contribution in [1.82, 2.24) is 4.98 Å². The monoisotopic (exact) mass is 225 g/mol. The second-order valence-electron chi connectivity index (χ2n) is 3.53. The fourth-order valence-electron chi connectivity index (χ4n) is 1.37. The molecule has 17 heavy (non-hydrogen) atoms. The van der Waals surface area contributed by atoms with Gasteiger partial charge in [0.15, 0.2) is 5.78 Å². The molecule has 1 heterocycles. The molecular weight excluding hydrogens is 214 g/mol. The Balaban J connectivity index is 2.11. The van der Waals surface area contributed by atoms with E-state index in [2.05, 4.69) is 4.98 Å². The van der Waals surface area contributed by atoms with Crippen LogP contribution in [0.3, 0.4) is 0 Å². The van der Waals surface area contributed by atoms with Gasteiger partial charge in [-0.25, -0.2) is 0 Å². The Morgan fingerprint density at radius 3 is 2.35 bits per heavy atom. The molecule has 0 saturated carbocycles. The molecule has 1 aromatic heterocycles. The average Bonchev–Trinajstić information content (AvgIpc) is 2.39. The quantitative estimate of drug-likeness (QED) is 0.645. The Kier molecular flexibility index (Phi) is 3.31. The fourth-order valence-corrected chi connectivity index (χ4v) is 1.37. The number of benzene rings is 1. The minimum atomic E-state index is -0.0690. The second kappa shape index (κ2) is 5.07. The van der Waals surface area contributed by atoms with Gasteiger partial charge in [0.1, 0.15) is 5.75 Å². The van der Waals surface area contributed by atoms with Crippen LogP contribution in [0.2, 0.25) is 0 Å². The molecule has 0 amide bonds. The number of phenolic OH excluding ortho intramolecular Hbond substituents is 1. The van der Waals surface area contributed by atoms with Crippen LogP contribution < -0.4 is 0 Å². The van der Waals surface area contributed by atoms with Crippen LogP contribution in [0.15, 0.2) is 54.9 Å². The predicted octanol–water partition coefficient (Wildman–Crippen LogP) is 2.68. The summed E-state index contributed by atoms with van der Waals surface area (Å²) < 4.78 is 0. The van der Waals surface area contributed by atoms with Crippen molar-refractivity contribution < 1.29 is 9.90 Å². The Hall–Kier alpha value is -2.42. The van der Waals surface area contributed by atoms with Crippen LogP contribution in [0.1, 0.15) is 15.9 Å². The van der Waals surface area contributed by atoms with Crippen molar-refractivity contribution in [1.29, 1.82) is 0 Å². The Labute approximate surface area is 99.1 Å². The van der Waals surface area contributed by atoms with Crippen LogP contribution in [-0.2, 0) is 0 Å². The van der Waals surface area contributed by atoms with Gasteiger partial charge in [0.05, 0.1) is 0 Å². The number of phenols is 1. The molecule has 0 radical (unpaired) electrons. The third-order valence-corrected chi connectivity index (χ3v) is 2.29. The molecule has 0 atom stereocenters. The van der Waals surface area contributed by atoms with Crippen molar-refractivity contribution in [2.45, 2.75) is 0 Å². The summed E-state index contributed by atoms with van der Waals surface area (Å²) in [5, 5.41) is 9.11. The van der Waals surface area contributed by atoms with Gasteiger partial charge in [0, 0.05) is 18.0 Å². The zero-order chi connectivity index (χ0) is 12.1. The van der Waals surface area contributed by atoms with E-state index < -0.39 is 0 Å². The summed E-state index contributed by atoms with van der Waals surface area (Å²) in [6.07, 6.45) is 6.38. The lowest BCUT2D eigenvalue weighted by molar-refractivity contribution is 0.104. The summed E-state index contributed by atoms with van der Waals surface area (Å²) in [5.41, 5.74) is 1.47. The van der Waals surface area contributed by atoms with Gasteiger partial charge >= 0.3 is 0 Å². The molecule has 0 saturated heterocycles. The molecule has 0 aliphatic carbocycles. The minimum Gasteiger partial charge on any atom is -0.508 e. The number of carbonyl (C=O) groups is 1. The number of carbonyl (C=O) groups excluding carboxylic acids is 1. The maximum Gasteiger partial charge on any atom is 0.185 e. The molecule has 0 aliphatic rings. The minimum absolute atomic E-state index is 0.0690. The first kappa shape index (κ1) is 11.1. The molecule has 1 aromatic carbocycles. The summed E-state index contributed by atoms with van der Waals surface area (Å²) in [6.45, 7) is 0. The van der Waals surface area contributed by atoms with Gasteiger partial charge in [0.25, 0.3) is 0 Å². The van der Waals surface area contributed by atoms with Gasteiger partial charge in [0.2, 0.25) is 0 Å². The van der Waals surface area contributed by atoms with E-state index >= 15 is 0 Å². The molecular formula is C14H11NO2. The van der Waals surface area contributed by atoms with Crippen LogP contribution in [-0.4, -0.2) is 15.9 Å². The van der Waals surface area contributed by atoms with Crippen molar-refractivity contribution in [3.05, 3.63) is 66.0 Å². The van der Waals surface area contributed by atoms with Gasteiger partial charge in [-0.3, -0.25) is 9.78 Å². The van der Waals surface area contributed by atoms with E-state index in [1.807, 2.05) is 0 Å². The number of aromatic nitrogens is 1. The maximum absolute atomic E-state index is 11.7. The summed E-state index contributed by atoms with van der Waals surface area (Å²) >= 11 is 0. The Morgan fingerprint density at radius 2 is 1.71 bits per heavy atom. The highest BCUT2D eigenvalue weighted by atomic mass is 16.3. The normalized spacial score (nSPS) is 10.6. The lowest BCUT2D eigenvalue weighted by atomic mass is 10.1. The molecule has 0 aliphatic heterocycles. The van der Waals surface area contributed by atoms with E-state index in [1.165, 1.54) is 6.08 Å². The van der Waals surface area contributed by atoms with Gasteiger partial charge in [-0.2, -0.15) is 0 Å². The zero-order valence-corrected chi connectivity index (χ0v) is 9.08.